The van der Waals surface area contributed by atoms with Gasteiger partial charge in [0, 0.05) is 55.4 Å². The van der Waals surface area contributed by atoms with Crippen molar-refractivity contribution >= 4 is 23.5 Å². The van der Waals surface area contributed by atoms with E-state index in [4.69, 9.17) is 14.7 Å². The number of nitrogens with one attached hydrogen (secondary N) is 2. The van der Waals surface area contributed by atoms with E-state index in [1.54, 1.807) is 26.2 Å². The van der Waals surface area contributed by atoms with Gasteiger partial charge in [0.05, 0.1) is 31.1 Å². The van der Waals surface area contributed by atoms with Crippen LogP contribution in [0.1, 0.15) is 25.1 Å². The number of morpholine rings is 1. The van der Waals surface area contributed by atoms with Gasteiger partial charge in [0.25, 0.3) is 0 Å². The lowest BCUT2D eigenvalue weighted by Crippen LogP contribution is -2.40. The average molecular weight is 505 g/mol. The van der Waals surface area contributed by atoms with E-state index in [1.807, 2.05) is 30.3 Å². The van der Waals surface area contributed by atoms with E-state index in [-0.39, 0.29) is 12.6 Å². The highest BCUT2D eigenvalue weighted by Gasteiger charge is 2.27. The zero-order chi connectivity index (χ0) is 25.8. The highest BCUT2D eigenvalue weighted by Crippen LogP contribution is 2.31. The first-order valence-electron chi connectivity index (χ1n) is 12.5. The summed E-state index contributed by atoms with van der Waals surface area (Å²) in [7, 11) is 0. The quantitative estimate of drug-likeness (QED) is 0.463. The number of hydrogen-bond acceptors (Lipinski definition) is 9. The second-order valence-corrected chi connectivity index (χ2v) is 9.81. The first-order chi connectivity index (χ1) is 17.9. The molecular formula is C26H32N8O3. The summed E-state index contributed by atoms with van der Waals surface area (Å²) >= 11 is 0. The first-order valence-corrected chi connectivity index (χ1v) is 12.5. The molecule has 0 radical (unpaired) electrons. The number of hydrogen-bond donors (Lipinski definition) is 3. The Bertz CT molecular complexity index is 1230. The van der Waals surface area contributed by atoms with E-state index in [0.29, 0.717) is 37.2 Å². The van der Waals surface area contributed by atoms with E-state index in [1.165, 1.54) is 5.56 Å². The maximum absolute atomic E-state index is 12.2. The third-order valence-electron chi connectivity index (χ3n) is 6.27. The number of rotatable bonds is 6. The molecule has 1 fully saturated rings. The Morgan fingerprint density at radius 3 is 2.49 bits per heavy atom. The number of nitrogens with zero attached hydrogens (tertiary/aromatic N) is 6. The summed E-state index contributed by atoms with van der Waals surface area (Å²) < 4.78 is 5.57. The SMILES string of the molecule is CC(C)(O)CNC(=O)Nc1ccc(-c2nc3c(c(N4CCOCC4)n2)CCN(c2ncccn2)C3)cc1. The van der Waals surface area contributed by atoms with Crippen LogP contribution >= 0.6 is 0 Å². The molecule has 4 heterocycles. The van der Waals surface area contributed by atoms with Gasteiger partial charge in [-0.25, -0.2) is 24.7 Å². The van der Waals surface area contributed by atoms with Crippen LogP contribution < -0.4 is 20.4 Å². The number of carbonyl (C=O) groups is 1. The minimum absolute atomic E-state index is 0.148. The first kappa shape index (κ1) is 24.8. The van der Waals surface area contributed by atoms with Crippen LogP contribution in [0.2, 0.25) is 0 Å². The van der Waals surface area contributed by atoms with E-state index >= 15 is 0 Å². The molecule has 1 saturated heterocycles. The Labute approximate surface area is 215 Å². The Hall–Kier alpha value is -3.83. The molecule has 2 aliphatic heterocycles. The molecule has 1 aromatic carbocycles. The van der Waals surface area contributed by atoms with Gasteiger partial charge in [0.15, 0.2) is 5.82 Å². The Balaban J connectivity index is 1.40. The average Bonchev–Trinajstić information content (AvgIpc) is 2.92. The highest BCUT2D eigenvalue weighted by atomic mass is 16.5. The monoisotopic (exact) mass is 504 g/mol. The maximum atomic E-state index is 12.2. The van der Waals surface area contributed by atoms with Gasteiger partial charge in [-0.05, 0) is 50.6 Å². The van der Waals surface area contributed by atoms with Crippen molar-refractivity contribution in [1.29, 1.82) is 0 Å². The summed E-state index contributed by atoms with van der Waals surface area (Å²) in [6.07, 6.45) is 4.31. The molecule has 3 N–H and O–H groups in total. The van der Waals surface area contributed by atoms with Gasteiger partial charge in [-0.2, -0.15) is 0 Å². The van der Waals surface area contributed by atoms with Crippen LogP contribution in [0.15, 0.2) is 42.7 Å². The van der Waals surface area contributed by atoms with Crippen molar-refractivity contribution in [2.45, 2.75) is 32.4 Å². The zero-order valence-corrected chi connectivity index (χ0v) is 21.1. The van der Waals surface area contributed by atoms with Crippen molar-refractivity contribution in [2.24, 2.45) is 0 Å². The predicted molar refractivity (Wildman–Crippen MR) is 141 cm³/mol. The second-order valence-electron chi connectivity index (χ2n) is 9.81. The summed E-state index contributed by atoms with van der Waals surface area (Å²) in [5.74, 6) is 2.29. The third kappa shape index (κ3) is 6.12. The van der Waals surface area contributed by atoms with Gasteiger partial charge in [-0.1, -0.05) is 0 Å². The predicted octanol–water partition coefficient (Wildman–Crippen LogP) is 2.23. The Morgan fingerprint density at radius 2 is 1.78 bits per heavy atom. The van der Waals surface area contributed by atoms with Gasteiger partial charge in [-0.15, -0.1) is 0 Å². The summed E-state index contributed by atoms with van der Waals surface area (Å²) in [5.41, 5.74) is 2.65. The van der Waals surface area contributed by atoms with Crippen LogP contribution in [0.3, 0.4) is 0 Å². The number of carbonyl (C=O) groups excluding carboxylic acids is 1. The lowest BCUT2D eigenvalue weighted by atomic mass is 10.0. The van der Waals surface area contributed by atoms with Gasteiger partial charge < -0.3 is 30.3 Å². The molecule has 2 aliphatic rings. The molecule has 0 aliphatic carbocycles. The van der Waals surface area contributed by atoms with Crippen LogP contribution in [0, 0.1) is 0 Å². The van der Waals surface area contributed by atoms with E-state index in [9.17, 15) is 9.90 Å². The second kappa shape index (κ2) is 10.7. The van der Waals surface area contributed by atoms with Crippen LogP contribution in [0.5, 0.6) is 0 Å². The number of anilines is 3. The molecule has 2 amide bonds. The molecule has 0 saturated carbocycles. The number of fused-ring (bicyclic) bond motifs is 1. The van der Waals surface area contributed by atoms with Crippen molar-refractivity contribution in [3.63, 3.8) is 0 Å². The van der Waals surface area contributed by atoms with Crippen LogP contribution in [0.25, 0.3) is 11.4 Å². The van der Waals surface area contributed by atoms with E-state index < -0.39 is 5.60 Å². The molecule has 0 unspecified atom stereocenters. The summed E-state index contributed by atoms with van der Waals surface area (Å²) in [4.78, 5) is 35.4. The fourth-order valence-corrected chi connectivity index (χ4v) is 4.38. The highest BCUT2D eigenvalue weighted by molar-refractivity contribution is 5.89. The zero-order valence-electron chi connectivity index (χ0n) is 21.1. The molecule has 11 nitrogen and oxygen atoms in total. The van der Waals surface area contributed by atoms with Crippen molar-refractivity contribution in [3.8, 4) is 11.4 Å². The number of aromatic nitrogens is 4. The van der Waals surface area contributed by atoms with Crippen LogP contribution in [-0.2, 0) is 17.7 Å². The largest absolute Gasteiger partial charge is 0.389 e. The molecule has 0 spiro atoms. The van der Waals surface area contributed by atoms with Gasteiger partial charge in [0.2, 0.25) is 5.95 Å². The Kier molecular flexibility index (Phi) is 7.15. The molecule has 3 aromatic rings. The number of ether oxygens (including phenoxy) is 1. The van der Waals surface area contributed by atoms with Crippen molar-refractivity contribution in [2.75, 3.05) is 54.5 Å². The number of urea groups is 1. The number of amides is 2. The van der Waals surface area contributed by atoms with Crippen LogP contribution in [0.4, 0.5) is 22.2 Å². The smallest absolute Gasteiger partial charge is 0.319 e. The fraction of sp³-hybridized carbons (Fsp3) is 0.423. The minimum Gasteiger partial charge on any atom is -0.389 e. The van der Waals surface area contributed by atoms with Gasteiger partial charge in [-0.3, -0.25) is 0 Å². The van der Waals surface area contributed by atoms with Crippen molar-refractivity contribution in [1.82, 2.24) is 25.3 Å². The maximum Gasteiger partial charge on any atom is 0.319 e. The summed E-state index contributed by atoms with van der Waals surface area (Å²) in [5, 5.41) is 15.2. The summed E-state index contributed by atoms with van der Waals surface area (Å²) in [6.45, 7) is 7.75. The number of benzene rings is 1. The van der Waals surface area contributed by atoms with E-state index in [0.717, 1.165) is 43.1 Å². The van der Waals surface area contributed by atoms with Crippen molar-refractivity contribution < 1.29 is 14.6 Å². The molecule has 0 atom stereocenters. The number of aliphatic hydroxyl groups is 1. The molecule has 0 bridgehead atoms. The van der Waals surface area contributed by atoms with Gasteiger partial charge in [0.1, 0.15) is 5.82 Å². The van der Waals surface area contributed by atoms with Gasteiger partial charge >= 0.3 is 6.03 Å². The Morgan fingerprint density at radius 1 is 1.05 bits per heavy atom. The molecular weight excluding hydrogens is 472 g/mol. The molecule has 194 valence electrons. The topological polar surface area (TPSA) is 129 Å². The minimum atomic E-state index is -0.981. The van der Waals surface area contributed by atoms with Crippen molar-refractivity contribution in [3.05, 3.63) is 54.0 Å². The third-order valence-corrected chi connectivity index (χ3v) is 6.27. The fourth-order valence-electron chi connectivity index (χ4n) is 4.38. The summed E-state index contributed by atoms with van der Waals surface area (Å²) in [6, 6.07) is 8.88. The van der Waals surface area contributed by atoms with Crippen LogP contribution in [-0.4, -0.2) is 76.1 Å². The molecule has 11 heteroatoms. The molecule has 5 rings (SSSR count). The molecule has 37 heavy (non-hydrogen) atoms. The van der Waals surface area contributed by atoms with E-state index in [2.05, 4.69) is 30.4 Å². The normalized spacial score (nSPS) is 15.8. The lowest BCUT2D eigenvalue weighted by Gasteiger charge is -2.34. The standard InChI is InChI=1S/C26H32N8O3/c1-26(2,36)17-29-25(35)30-19-6-4-18(5-7-19)22-31-21-16-34(24-27-9-3-10-28-24)11-8-20(21)23(32-22)33-12-14-37-15-13-33/h3-7,9-10,36H,8,11-17H2,1-2H3,(H2,29,30,35). The molecule has 2 aromatic heterocycles. The lowest BCUT2D eigenvalue weighted by molar-refractivity contribution is 0.0826.